The summed E-state index contributed by atoms with van der Waals surface area (Å²) in [6, 6.07) is 17.7. The van der Waals surface area contributed by atoms with E-state index in [9.17, 15) is 4.79 Å². The third kappa shape index (κ3) is 3.53. The smallest absolute Gasteiger partial charge is 0.229 e. The molecule has 1 aliphatic carbocycles. The maximum Gasteiger partial charge on any atom is 0.229 e. The molecule has 0 radical (unpaired) electrons. The molecule has 1 N–H and O–H groups in total. The van der Waals surface area contributed by atoms with E-state index in [0.717, 1.165) is 39.0 Å². The van der Waals surface area contributed by atoms with Crippen LogP contribution in [-0.2, 0) is 11.8 Å². The van der Waals surface area contributed by atoms with Crippen LogP contribution >= 0.6 is 22.9 Å². The normalized spacial score (nSPS) is 17.7. The number of aryl methyl sites for hydroxylation is 1. The number of imidazole rings is 1. The van der Waals surface area contributed by atoms with Crippen LogP contribution in [0.1, 0.15) is 17.9 Å². The molecular formula is C23H19ClN4OS. The predicted octanol–water partition coefficient (Wildman–Crippen LogP) is 5.61. The molecule has 2 atom stereocenters. The van der Waals surface area contributed by atoms with Gasteiger partial charge in [-0.05, 0) is 24.0 Å². The molecule has 150 valence electrons. The third-order valence-electron chi connectivity index (χ3n) is 5.36. The second-order valence-corrected chi connectivity index (χ2v) is 8.79. The lowest BCUT2D eigenvalue weighted by molar-refractivity contribution is -0.117. The van der Waals surface area contributed by atoms with Gasteiger partial charge >= 0.3 is 0 Å². The maximum atomic E-state index is 12.9. The van der Waals surface area contributed by atoms with E-state index >= 15 is 0 Å². The number of amides is 1. The number of carbonyl (C=O) groups is 1. The van der Waals surface area contributed by atoms with Gasteiger partial charge in [-0.15, -0.1) is 0 Å². The summed E-state index contributed by atoms with van der Waals surface area (Å²) in [6.45, 7) is 0. The summed E-state index contributed by atoms with van der Waals surface area (Å²) < 4.78 is 1.96. The molecule has 5 rings (SSSR count). The number of carbonyl (C=O) groups excluding carboxylic acids is 1. The molecule has 0 saturated heterocycles. The lowest BCUT2D eigenvalue weighted by Crippen LogP contribution is -2.14. The number of thiazole rings is 1. The fourth-order valence-corrected chi connectivity index (χ4v) is 5.01. The Morgan fingerprint density at radius 1 is 1.17 bits per heavy atom. The van der Waals surface area contributed by atoms with Gasteiger partial charge in [-0.2, -0.15) is 0 Å². The van der Waals surface area contributed by atoms with Crippen molar-refractivity contribution in [1.82, 2.24) is 14.5 Å². The lowest BCUT2D eigenvalue weighted by atomic mass is 10.1. The summed E-state index contributed by atoms with van der Waals surface area (Å²) in [5.41, 5.74) is 2.85. The Bertz CT molecular complexity index is 1220. The van der Waals surface area contributed by atoms with Crippen molar-refractivity contribution in [3.8, 4) is 22.0 Å². The highest BCUT2D eigenvalue weighted by molar-refractivity contribution is 7.19. The first-order valence-electron chi connectivity index (χ1n) is 9.71. The van der Waals surface area contributed by atoms with Crippen molar-refractivity contribution in [3.63, 3.8) is 0 Å². The monoisotopic (exact) mass is 434 g/mol. The largest absolute Gasteiger partial charge is 0.333 e. The molecular weight excluding hydrogens is 416 g/mol. The van der Waals surface area contributed by atoms with Crippen molar-refractivity contribution in [2.75, 3.05) is 5.32 Å². The fraction of sp³-hybridized carbons (Fsp3) is 0.174. The second-order valence-electron chi connectivity index (χ2n) is 7.38. The Kier molecular flexibility index (Phi) is 4.89. The molecule has 2 aromatic heterocycles. The van der Waals surface area contributed by atoms with Crippen molar-refractivity contribution in [2.45, 2.75) is 12.3 Å². The molecule has 30 heavy (non-hydrogen) atoms. The Hall–Kier alpha value is -2.96. The highest BCUT2D eigenvalue weighted by Crippen LogP contribution is 2.50. The molecule has 0 aliphatic heterocycles. The summed E-state index contributed by atoms with van der Waals surface area (Å²) in [5, 5.41) is 4.33. The number of hydrogen-bond acceptors (Lipinski definition) is 4. The van der Waals surface area contributed by atoms with E-state index in [1.54, 1.807) is 6.20 Å². The number of nitrogens with one attached hydrogen (secondary N) is 1. The number of rotatable bonds is 5. The quantitative estimate of drug-likeness (QED) is 0.444. The maximum absolute atomic E-state index is 12.9. The number of hydrogen-bond donors (Lipinski definition) is 1. The molecule has 5 nitrogen and oxygen atoms in total. The zero-order valence-electron chi connectivity index (χ0n) is 16.2. The summed E-state index contributed by atoms with van der Waals surface area (Å²) in [6.07, 6.45) is 4.47. The van der Waals surface area contributed by atoms with E-state index in [1.165, 1.54) is 11.3 Å². The summed E-state index contributed by atoms with van der Waals surface area (Å²) in [5.74, 6) is 0.902. The van der Waals surface area contributed by atoms with Gasteiger partial charge < -0.3 is 9.88 Å². The Morgan fingerprint density at radius 2 is 1.93 bits per heavy atom. The molecule has 0 unspecified atom stereocenters. The first kappa shape index (κ1) is 19.0. The van der Waals surface area contributed by atoms with Crippen LogP contribution in [0, 0.1) is 5.92 Å². The summed E-state index contributed by atoms with van der Waals surface area (Å²) in [7, 11) is 1.95. The number of halogens is 1. The summed E-state index contributed by atoms with van der Waals surface area (Å²) in [4.78, 5) is 23.0. The lowest BCUT2D eigenvalue weighted by Gasteiger charge is -2.03. The number of aromatic nitrogens is 3. The Balaban J connectivity index is 1.42. The number of anilines is 1. The van der Waals surface area contributed by atoms with E-state index < -0.39 is 0 Å². The molecule has 0 bridgehead atoms. The van der Waals surface area contributed by atoms with Gasteiger partial charge in [0.1, 0.15) is 0 Å². The van der Waals surface area contributed by atoms with Crippen molar-refractivity contribution in [2.24, 2.45) is 13.0 Å². The second kappa shape index (κ2) is 7.70. The minimum atomic E-state index is -0.0782. The Morgan fingerprint density at radius 3 is 2.67 bits per heavy atom. The molecule has 2 heterocycles. The third-order valence-corrected chi connectivity index (χ3v) is 6.67. The molecule has 4 aromatic rings. The highest BCUT2D eigenvalue weighted by Gasteiger charge is 2.45. The van der Waals surface area contributed by atoms with Gasteiger partial charge in [-0.25, -0.2) is 9.97 Å². The zero-order valence-corrected chi connectivity index (χ0v) is 17.8. The Labute approximate surface area is 183 Å². The average Bonchev–Trinajstić information content (AvgIpc) is 3.27. The van der Waals surface area contributed by atoms with Gasteiger partial charge in [0.05, 0.1) is 10.6 Å². The van der Waals surface area contributed by atoms with E-state index in [-0.39, 0.29) is 17.7 Å². The van der Waals surface area contributed by atoms with E-state index in [4.69, 9.17) is 16.6 Å². The van der Waals surface area contributed by atoms with Gasteiger partial charge in [0.25, 0.3) is 0 Å². The van der Waals surface area contributed by atoms with Crippen LogP contribution in [0.4, 0.5) is 5.13 Å². The molecule has 1 fully saturated rings. The number of nitrogens with zero attached hydrogens (tertiary/aromatic N) is 3. The fourth-order valence-electron chi connectivity index (χ4n) is 3.70. The first-order chi connectivity index (χ1) is 14.6. The topological polar surface area (TPSA) is 59.8 Å². The van der Waals surface area contributed by atoms with Gasteiger partial charge in [0.15, 0.2) is 11.0 Å². The van der Waals surface area contributed by atoms with Crippen LogP contribution in [0.25, 0.3) is 22.0 Å². The highest BCUT2D eigenvalue weighted by atomic mass is 35.5. The van der Waals surface area contributed by atoms with Crippen molar-refractivity contribution < 1.29 is 4.79 Å². The average molecular weight is 435 g/mol. The predicted molar refractivity (Wildman–Crippen MR) is 121 cm³/mol. The molecule has 1 amide bonds. The van der Waals surface area contributed by atoms with Crippen molar-refractivity contribution in [1.29, 1.82) is 0 Å². The molecule has 1 aliphatic rings. The molecule has 7 heteroatoms. The molecule has 1 saturated carbocycles. The van der Waals surface area contributed by atoms with Crippen LogP contribution in [0.2, 0.25) is 5.02 Å². The van der Waals surface area contributed by atoms with Crippen LogP contribution in [-0.4, -0.2) is 20.4 Å². The summed E-state index contributed by atoms with van der Waals surface area (Å²) >= 11 is 7.75. The minimum absolute atomic E-state index is 0.0142. The minimum Gasteiger partial charge on any atom is -0.333 e. The molecule has 2 aromatic carbocycles. The first-order valence-corrected chi connectivity index (χ1v) is 10.9. The van der Waals surface area contributed by atoms with E-state index in [0.29, 0.717) is 5.13 Å². The van der Waals surface area contributed by atoms with Gasteiger partial charge in [-0.3, -0.25) is 4.79 Å². The van der Waals surface area contributed by atoms with Crippen molar-refractivity contribution >= 4 is 34.0 Å². The molecule has 0 spiro atoms. The van der Waals surface area contributed by atoms with E-state index in [2.05, 4.69) is 10.3 Å². The van der Waals surface area contributed by atoms with Crippen LogP contribution in [0.15, 0.2) is 67.0 Å². The standard InChI is InChI=1S/C23H19ClN4OS/c1-28-12-11-25-21(28)20-19(14-7-3-2-4-8-14)26-23(30-20)27-22(29)17-13-16(17)15-9-5-6-10-18(15)24/h2-12,16-17H,13H2,1H3,(H,26,27,29)/t16-,17-/m1/s1. The van der Waals surface area contributed by atoms with E-state index in [1.807, 2.05) is 72.4 Å². The van der Waals surface area contributed by atoms with Gasteiger partial charge in [0.2, 0.25) is 5.91 Å². The van der Waals surface area contributed by atoms with Gasteiger partial charge in [0, 0.05) is 35.9 Å². The van der Waals surface area contributed by atoms with Crippen LogP contribution in [0.5, 0.6) is 0 Å². The van der Waals surface area contributed by atoms with Crippen LogP contribution < -0.4 is 5.32 Å². The van der Waals surface area contributed by atoms with Gasteiger partial charge in [-0.1, -0.05) is 71.5 Å². The van der Waals surface area contributed by atoms with Crippen LogP contribution in [0.3, 0.4) is 0 Å². The number of benzene rings is 2. The SMILES string of the molecule is Cn1ccnc1-c1sc(NC(=O)[C@@H]2C[C@@H]2c2ccccc2Cl)nc1-c1ccccc1. The zero-order chi connectivity index (χ0) is 20.7. The van der Waals surface area contributed by atoms with Crippen molar-refractivity contribution in [3.05, 3.63) is 77.6 Å².